The van der Waals surface area contributed by atoms with Crippen molar-refractivity contribution in [1.29, 1.82) is 0 Å². The quantitative estimate of drug-likeness (QED) is 0.905. The summed E-state index contributed by atoms with van der Waals surface area (Å²) in [6.07, 6.45) is -0.0968. The van der Waals surface area contributed by atoms with Crippen LogP contribution in [-0.4, -0.2) is 30.3 Å². The maximum absolute atomic E-state index is 15.3. The lowest BCUT2D eigenvalue weighted by Gasteiger charge is -2.37. The van der Waals surface area contributed by atoms with Gasteiger partial charge < -0.3 is 15.4 Å². The molecule has 0 aliphatic carbocycles. The first-order chi connectivity index (χ1) is 12.3. The molecule has 140 valence electrons. The smallest absolute Gasteiger partial charge is 0.151 e. The molecule has 1 aliphatic heterocycles. The van der Waals surface area contributed by atoms with E-state index in [4.69, 9.17) is 10.5 Å². The molecule has 6 heteroatoms. The minimum Gasteiger partial charge on any atom is -0.372 e. The molecule has 0 unspecified atom stereocenters. The van der Waals surface area contributed by atoms with Crippen molar-refractivity contribution in [2.45, 2.75) is 46.4 Å². The van der Waals surface area contributed by atoms with E-state index in [2.05, 4.69) is 4.98 Å². The largest absolute Gasteiger partial charge is 0.372 e. The second-order valence-electron chi connectivity index (χ2n) is 7.05. The van der Waals surface area contributed by atoms with E-state index in [1.807, 2.05) is 32.6 Å². The van der Waals surface area contributed by atoms with E-state index in [0.717, 1.165) is 11.4 Å². The Morgan fingerprint density at radius 2 is 1.69 bits per heavy atom. The third kappa shape index (κ3) is 3.57. The monoisotopic (exact) mass is 361 g/mol. The topological polar surface area (TPSA) is 51.4 Å². The molecular formula is C20H25F2N3O. The molecule has 0 spiro atoms. The highest BCUT2D eigenvalue weighted by Gasteiger charge is 2.28. The van der Waals surface area contributed by atoms with Gasteiger partial charge in [0.05, 0.1) is 17.9 Å². The van der Waals surface area contributed by atoms with Gasteiger partial charge in [-0.25, -0.2) is 8.78 Å². The van der Waals surface area contributed by atoms with Gasteiger partial charge in [0.15, 0.2) is 5.82 Å². The van der Waals surface area contributed by atoms with Gasteiger partial charge in [0.2, 0.25) is 0 Å². The predicted octanol–water partition coefficient (Wildman–Crippen LogP) is 3.72. The van der Waals surface area contributed by atoms with Gasteiger partial charge in [-0.05, 0) is 45.4 Å². The fourth-order valence-electron chi connectivity index (χ4n) is 3.75. The van der Waals surface area contributed by atoms with Crippen LogP contribution in [0.2, 0.25) is 0 Å². The number of hydrogen-bond donors (Lipinski definition) is 1. The number of aryl methyl sites for hydroxylation is 2. The summed E-state index contributed by atoms with van der Waals surface area (Å²) in [6.45, 7) is 8.46. The van der Waals surface area contributed by atoms with Crippen molar-refractivity contribution in [1.82, 2.24) is 4.98 Å². The summed E-state index contributed by atoms with van der Waals surface area (Å²) in [4.78, 5) is 6.14. The van der Waals surface area contributed by atoms with Crippen LogP contribution in [-0.2, 0) is 11.3 Å². The fourth-order valence-corrected chi connectivity index (χ4v) is 3.75. The van der Waals surface area contributed by atoms with E-state index < -0.39 is 11.6 Å². The molecule has 4 nitrogen and oxygen atoms in total. The third-order valence-corrected chi connectivity index (χ3v) is 4.63. The van der Waals surface area contributed by atoms with Crippen molar-refractivity contribution in [3.05, 3.63) is 46.8 Å². The number of ether oxygens (including phenoxy) is 1. The minimum atomic E-state index is -0.473. The first kappa shape index (κ1) is 18.7. The zero-order valence-corrected chi connectivity index (χ0v) is 15.6. The van der Waals surface area contributed by atoms with Gasteiger partial charge in [-0.3, -0.25) is 4.98 Å². The molecule has 0 bridgehead atoms. The zero-order valence-electron chi connectivity index (χ0n) is 15.6. The number of halogens is 2. The molecule has 0 amide bonds. The molecule has 1 saturated heterocycles. The first-order valence-corrected chi connectivity index (χ1v) is 8.87. The van der Waals surface area contributed by atoms with Crippen LogP contribution in [0.1, 0.15) is 30.8 Å². The van der Waals surface area contributed by atoms with Crippen molar-refractivity contribution in [2.75, 3.05) is 18.0 Å². The molecule has 2 atom stereocenters. The van der Waals surface area contributed by atoms with Crippen LogP contribution in [0.4, 0.5) is 14.5 Å². The Bertz CT molecular complexity index is 795. The summed E-state index contributed by atoms with van der Waals surface area (Å²) in [6, 6.07) is 4.78. The summed E-state index contributed by atoms with van der Waals surface area (Å²) >= 11 is 0. The Labute approximate surface area is 153 Å². The number of aromatic nitrogens is 1. The van der Waals surface area contributed by atoms with Crippen LogP contribution >= 0.6 is 0 Å². The Kier molecular flexibility index (Phi) is 5.25. The van der Waals surface area contributed by atoms with Crippen molar-refractivity contribution >= 4 is 5.69 Å². The Balaban J connectivity index is 2.13. The van der Waals surface area contributed by atoms with Gasteiger partial charge in [0.25, 0.3) is 0 Å². The Morgan fingerprint density at radius 3 is 2.23 bits per heavy atom. The van der Waals surface area contributed by atoms with Gasteiger partial charge in [-0.1, -0.05) is 0 Å². The number of pyridine rings is 1. The lowest BCUT2D eigenvalue weighted by Crippen LogP contribution is -2.46. The van der Waals surface area contributed by atoms with Crippen LogP contribution in [0.3, 0.4) is 0 Å². The fraction of sp³-hybridized carbons (Fsp3) is 0.450. The molecule has 2 aromatic rings. The van der Waals surface area contributed by atoms with Crippen LogP contribution < -0.4 is 10.6 Å². The van der Waals surface area contributed by atoms with E-state index in [9.17, 15) is 0 Å². The molecule has 2 heterocycles. The molecule has 3 rings (SSSR count). The molecule has 26 heavy (non-hydrogen) atoms. The van der Waals surface area contributed by atoms with Crippen molar-refractivity contribution < 1.29 is 13.5 Å². The second kappa shape index (κ2) is 7.29. The maximum atomic E-state index is 15.3. The second-order valence-corrected chi connectivity index (χ2v) is 7.05. The third-order valence-electron chi connectivity index (χ3n) is 4.63. The Morgan fingerprint density at radius 1 is 1.12 bits per heavy atom. The van der Waals surface area contributed by atoms with Gasteiger partial charge in [-0.2, -0.15) is 0 Å². The zero-order chi connectivity index (χ0) is 19.0. The van der Waals surface area contributed by atoms with Crippen molar-refractivity contribution in [3.8, 4) is 11.1 Å². The minimum absolute atomic E-state index is 0.0484. The van der Waals surface area contributed by atoms with Gasteiger partial charge in [0.1, 0.15) is 5.82 Å². The van der Waals surface area contributed by atoms with E-state index in [1.54, 1.807) is 12.1 Å². The lowest BCUT2D eigenvalue weighted by atomic mass is 9.96. The summed E-state index contributed by atoms with van der Waals surface area (Å²) in [5.74, 6) is -0.934. The van der Waals surface area contributed by atoms with Gasteiger partial charge >= 0.3 is 0 Å². The molecule has 0 saturated carbocycles. The number of nitrogens with zero attached hydrogens (tertiary/aromatic N) is 2. The SMILES string of the molecule is Cc1cc(-c2c(F)cc(N3C[C@@H](C)O[C@@H](C)C3)c(F)c2CN)cc(C)n1. The highest BCUT2D eigenvalue weighted by atomic mass is 19.1. The lowest BCUT2D eigenvalue weighted by molar-refractivity contribution is -0.00541. The molecule has 0 radical (unpaired) electrons. The Hall–Kier alpha value is -2.05. The van der Waals surface area contributed by atoms with Crippen molar-refractivity contribution in [2.24, 2.45) is 5.73 Å². The predicted molar refractivity (Wildman–Crippen MR) is 99.2 cm³/mol. The molecule has 1 aliphatic rings. The molecule has 1 fully saturated rings. The number of rotatable bonds is 3. The summed E-state index contributed by atoms with van der Waals surface area (Å²) in [5.41, 5.74) is 8.58. The van der Waals surface area contributed by atoms with Gasteiger partial charge in [-0.15, -0.1) is 0 Å². The van der Waals surface area contributed by atoms with E-state index in [0.29, 0.717) is 18.7 Å². The number of nitrogens with two attached hydrogens (primary N) is 1. The summed E-state index contributed by atoms with van der Waals surface area (Å²) < 4.78 is 36.1. The van der Waals surface area contributed by atoms with Gasteiger partial charge in [0, 0.05) is 48.2 Å². The number of benzene rings is 1. The number of anilines is 1. The van der Waals surface area contributed by atoms with Crippen molar-refractivity contribution in [3.63, 3.8) is 0 Å². The highest BCUT2D eigenvalue weighted by molar-refractivity contribution is 5.72. The summed E-state index contributed by atoms with van der Waals surface area (Å²) in [7, 11) is 0. The van der Waals surface area contributed by atoms with E-state index in [1.165, 1.54) is 6.07 Å². The van der Waals surface area contributed by atoms with Crippen LogP contribution in [0.25, 0.3) is 11.1 Å². The highest BCUT2D eigenvalue weighted by Crippen LogP contribution is 2.35. The average Bonchev–Trinajstić information content (AvgIpc) is 2.54. The first-order valence-electron chi connectivity index (χ1n) is 8.87. The average molecular weight is 361 g/mol. The van der Waals surface area contributed by atoms with Crippen LogP contribution in [0.15, 0.2) is 18.2 Å². The number of morpholine rings is 1. The molecule has 1 aromatic carbocycles. The molecule has 2 N–H and O–H groups in total. The standard InChI is InChI=1S/C20H25F2N3O/c1-11-5-15(6-12(2)24-11)19-16(8-23)20(22)18(7-17(19)21)25-9-13(3)26-14(4)10-25/h5-7,13-14H,8-10,23H2,1-4H3/t13-,14+. The molecular weight excluding hydrogens is 336 g/mol. The maximum Gasteiger partial charge on any atom is 0.151 e. The molecule has 1 aromatic heterocycles. The normalized spacial score (nSPS) is 20.5. The van der Waals surface area contributed by atoms with E-state index >= 15 is 8.78 Å². The van der Waals surface area contributed by atoms with Crippen LogP contribution in [0, 0.1) is 25.5 Å². The summed E-state index contributed by atoms with van der Waals surface area (Å²) in [5, 5.41) is 0. The van der Waals surface area contributed by atoms with Crippen LogP contribution in [0.5, 0.6) is 0 Å². The van der Waals surface area contributed by atoms with E-state index in [-0.39, 0.29) is 35.6 Å². The number of hydrogen-bond acceptors (Lipinski definition) is 4.